The summed E-state index contributed by atoms with van der Waals surface area (Å²) in [5, 5.41) is 10.7. The number of aromatic amines is 1. The number of alkyl halides is 1. The highest BCUT2D eigenvalue weighted by Crippen LogP contribution is 2.28. The number of piperidine rings is 1. The minimum Gasteiger partial charge on any atom is -0.338 e. The van der Waals surface area contributed by atoms with Gasteiger partial charge in [-0.25, -0.2) is 9.37 Å². The van der Waals surface area contributed by atoms with E-state index in [1.807, 2.05) is 24.3 Å². The molecule has 3 heterocycles. The van der Waals surface area contributed by atoms with Crippen molar-refractivity contribution in [2.45, 2.75) is 25.1 Å². The molecule has 0 unspecified atom stereocenters. The van der Waals surface area contributed by atoms with E-state index >= 15 is 4.39 Å². The lowest BCUT2D eigenvalue weighted by Gasteiger charge is -2.36. The summed E-state index contributed by atoms with van der Waals surface area (Å²) in [5.74, 6) is -0.159. The molecule has 0 aliphatic carbocycles. The van der Waals surface area contributed by atoms with Gasteiger partial charge >= 0.3 is 0 Å². The van der Waals surface area contributed by atoms with Gasteiger partial charge in [-0.1, -0.05) is 29.3 Å². The highest BCUT2D eigenvalue weighted by Gasteiger charge is 2.36. The highest BCUT2D eigenvalue weighted by molar-refractivity contribution is 6.42. The Morgan fingerprint density at radius 2 is 1.97 bits per heavy atom. The van der Waals surface area contributed by atoms with E-state index in [1.54, 1.807) is 29.3 Å². The van der Waals surface area contributed by atoms with Gasteiger partial charge in [-0.2, -0.15) is 5.10 Å². The summed E-state index contributed by atoms with van der Waals surface area (Å²) in [7, 11) is 0. The number of carbonyl (C=O) groups is 1. The molecular formula is C22H22Cl2FN5O. The molecular weight excluding hydrogens is 440 g/mol. The predicted molar refractivity (Wildman–Crippen MR) is 119 cm³/mol. The summed E-state index contributed by atoms with van der Waals surface area (Å²) < 4.78 is 15.3. The number of H-pyrrole nitrogens is 1. The molecule has 1 saturated heterocycles. The van der Waals surface area contributed by atoms with Crippen LogP contribution in [-0.2, 0) is 6.54 Å². The largest absolute Gasteiger partial charge is 0.338 e. The van der Waals surface area contributed by atoms with Crippen LogP contribution in [0.1, 0.15) is 28.9 Å². The first-order valence-corrected chi connectivity index (χ1v) is 10.8. The van der Waals surface area contributed by atoms with Crippen LogP contribution in [0.5, 0.6) is 0 Å². The number of aromatic nitrogens is 3. The van der Waals surface area contributed by atoms with Crippen molar-refractivity contribution in [2.75, 3.05) is 19.6 Å². The van der Waals surface area contributed by atoms with E-state index < -0.39 is 5.67 Å². The first-order valence-electron chi connectivity index (χ1n) is 10.0. The highest BCUT2D eigenvalue weighted by atomic mass is 35.5. The van der Waals surface area contributed by atoms with Gasteiger partial charge in [-0.15, -0.1) is 0 Å². The van der Waals surface area contributed by atoms with Crippen LogP contribution in [0.25, 0.3) is 11.4 Å². The number of hydrogen-bond donors (Lipinski definition) is 2. The topological polar surface area (TPSA) is 73.9 Å². The maximum absolute atomic E-state index is 15.3. The molecule has 3 aromatic rings. The molecule has 0 radical (unpaired) electrons. The summed E-state index contributed by atoms with van der Waals surface area (Å²) in [6.45, 7) is 1.37. The molecule has 1 aromatic carbocycles. The lowest BCUT2D eigenvalue weighted by atomic mass is 9.92. The molecule has 4 rings (SSSR count). The van der Waals surface area contributed by atoms with E-state index in [2.05, 4.69) is 20.5 Å². The third-order valence-corrected chi connectivity index (χ3v) is 6.18. The van der Waals surface area contributed by atoms with Gasteiger partial charge in [0.2, 0.25) is 0 Å². The Kier molecular flexibility index (Phi) is 6.55. The quantitative estimate of drug-likeness (QED) is 0.566. The first-order chi connectivity index (χ1) is 14.9. The van der Waals surface area contributed by atoms with E-state index in [4.69, 9.17) is 23.2 Å². The third-order valence-electron chi connectivity index (χ3n) is 5.44. The number of pyridine rings is 1. The molecule has 1 fully saturated rings. The second-order valence-electron chi connectivity index (χ2n) is 7.66. The van der Waals surface area contributed by atoms with Crippen LogP contribution in [0.15, 0.2) is 48.7 Å². The summed E-state index contributed by atoms with van der Waals surface area (Å²) in [6.07, 6.45) is 2.22. The van der Waals surface area contributed by atoms with Crippen LogP contribution in [0.3, 0.4) is 0 Å². The summed E-state index contributed by atoms with van der Waals surface area (Å²) in [5.41, 5.74) is 1.55. The Balaban J connectivity index is 1.28. The van der Waals surface area contributed by atoms with Gasteiger partial charge in [0.25, 0.3) is 5.91 Å². The van der Waals surface area contributed by atoms with Gasteiger partial charge in [0.05, 0.1) is 27.1 Å². The number of rotatable bonds is 6. The van der Waals surface area contributed by atoms with Crippen LogP contribution in [0.2, 0.25) is 10.0 Å². The van der Waals surface area contributed by atoms with Gasteiger partial charge < -0.3 is 10.2 Å². The Hall–Kier alpha value is -2.48. The number of likely N-dealkylation sites (tertiary alicyclic amines) is 1. The van der Waals surface area contributed by atoms with Crippen molar-refractivity contribution in [1.29, 1.82) is 0 Å². The molecule has 6 nitrogen and oxygen atoms in total. The average molecular weight is 462 g/mol. The molecule has 9 heteroatoms. The standard InChI is InChI=1S/C22H22Cl2FN5O/c23-17-5-4-15(12-18(17)24)21(31)30-10-7-22(25,8-11-30)14-26-13-16-2-1-3-19(28-16)20-6-9-27-29-20/h1-6,9,12,26H,7-8,10-11,13-14H2,(H,27,29). The number of carbonyl (C=O) groups excluding carboxylic acids is 1. The number of hydrogen-bond acceptors (Lipinski definition) is 4. The zero-order valence-electron chi connectivity index (χ0n) is 16.7. The van der Waals surface area contributed by atoms with Crippen molar-refractivity contribution < 1.29 is 9.18 Å². The summed E-state index contributed by atoms with van der Waals surface area (Å²) >= 11 is 11.9. The molecule has 31 heavy (non-hydrogen) atoms. The molecule has 1 amide bonds. The van der Waals surface area contributed by atoms with Crippen molar-refractivity contribution in [3.8, 4) is 11.4 Å². The zero-order chi connectivity index (χ0) is 21.8. The molecule has 2 N–H and O–H groups in total. The van der Waals surface area contributed by atoms with Crippen LogP contribution in [-0.4, -0.2) is 51.3 Å². The molecule has 162 valence electrons. The molecule has 0 saturated carbocycles. The Morgan fingerprint density at radius 1 is 1.16 bits per heavy atom. The smallest absolute Gasteiger partial charge is 0.253 e. The molecule has 1 aliphatic heterocycles. The van der Waals surface area contributed by atoms with E-state index in [9.17, 15) is 4.79 Å². The van der Waals surface area contributed by atoms with Crippen molar-refractivity contribution in [3.63, 3.8) is 0 Å². The molecule has 2 aromatic heterocycles. The molecule has 0 bridgehead atoms. The number of halogens is 3. The predicted octanol–water partition coefficient (Wildman–Crippen LogP) is 4.51. The Labute approximate surface area is 189 Å². The summed E-state index contributed by atoms with van der Waals surface area (Å²) in [4.78, 5) is 18.9. The normalized spacial score (nSPS) is 15.8. The minimum atomic E-state index is -1.37. The fourth-order valence-corrected chi connectivity index (χ4v) is 3.94. The van der Waals surface area contributed by atoms with E-state index in [0.29, 0.717) is 35.2 Å². The SMILES string of the molecule is O=C(c1ccc(Cl)c(Cl)c1)N1CCC(F)(CNCc2cccc(-c3ccn[nH]3)n2)CC1. The number of amides is 1. The van der Waals surface area contributed by atoms with Gasteiger partial charge in [0, 0.05) is 50.8 Å². The van der Waals surface area contributed by atoms with E-state index in [1.165, 1.54) is 0 Å². The maximum Gasteiger partial charge on any atom is 0.253 e. The molecule has 1 aliphatic rings. The second-order valence-corrected chi connectivity index (χ2v) is 8.47. The summed E-state index contributed by atoms with van der Waals surface area (Å²) in [6, 6.07) is 12.3. The maximum atomic E-state index is 15.3. The van der Waals surface area contributed by atoms with E-state index in [-0.39, 0.29) is 25.3 Å². The van der Waals surface area contributed by atoms with E-state index in [0.717, 1.165) is 17.1 Å². The lowest BCUT2D eigenvalue weighted by Crippen LogP contribution is -2.48. The first kappa shape index (κ1) is 21.7. The van der Waals surface area contributed by atoms with Gasteiger partial charge in [-0.05, 0) is 36.4 Å². The Bertz CT molecular complexity index is 1050. The molecule has 0 spiro atoms. The van der Waals surface area contributed by atoms with Crippen molar-refractivity contribution in [1.82, 2.24) is 25.4 Å². The monoisotopic (exact) mass is 461 g/mol. The second kappa shape index (κ2) is 9.34. The fraction of sp³-hybridized carbons (Fsp3) is 0.318. The average Bonchev–Trinajstić information content (AvgIpc) is 3.31. The zero-order valence-corrected chi connectivity index (χ0v) is 18.3. The fourth-order valence-electron chi connectivity index (χ4n) is 3.64. The van der Waals surface area contributed by atoms with Crippen molar-refractivity contribution >= 4 is 29.1 Å². The van der Waals surface area contributed by atoms with Crippen molar-refractivity contribution in [3.05, 3.63) is 70.0 Å². The van der Waals surface area contributed by atoms with Crippen LogP contribution in [0.4, 0.5) is 4.39 Å². The van der Waals surface area contributed by atoms with Crippen molar-refractivity contribution in [2.24, 2.45) is 0 Å². The Morgan fingerprint density at radius 3 is 2.68 bits per heavy atom. The number of nitrogens with zero attached hydrogens (tertiary/aromatic N) is 3. The van der Waals surface area contributed by atoms with Crippen LogP contribution < -0.4 is 5.32 Å². The number of nitrogens with one attached hydrogen (secondary N) is 2. The van der Waals surface area contributed by atoms with Crippen LogP contribution in [0, 0.1) is 0 Å². The van der Waals surface area contributed by atoms with Crippen LogP contribution >= 0.6 is 23.2 Å². The van der Waals surface area contributed by atoms with Gasteiger partial charge in [0.1, 0.15) is 5.67 Å². The molecule has 0 atom stereocenters. The minimum absolute atomic E-state index is 0.159. The van der Waals surface area contributed by atoms with Gasteiger partial charge in [-0.3, -0.25) is 9.89 Å². The third kappa shape index (κ3) is 5.23. The van der Waals surface area contributed by atoms with Gasteiger partial charge in [0.15, 0.2) is 0 Å². The number of benzene rings is 1. The lowest BCUT2D eigenvalue weighted by molar-refractivity contribution is 0.0434.